The van der Waals surface area contributed by atoms with E-state index in [0.29, 0.717) is 6.61 Å². The highest BCUT2D eigenvalue weighted by Crippen LogP contribution is 2.35. The minimum Gasteiger partial charge on any atom is -0.508 e. The third-order valence-electron chi connectivity index (χ3n) is 5.03. The number of aryl methyl sites for hydroxylation is 1. The van der Waals surface area contributed by atoms with Crippen molar-refractivity contribution in [3.63, 3.8) is 0 Å². The van der Waals surface area contributed by atoms with E-state index in [-0.39, 0.29) is 11.3 Å². The monoisotopic (exact) mass is 404 g/mol. The number of phenolic OH excluding ortho intramolecular Hbond substituents is 1. The van der Waals surface area contributed by atoms with Gasteiger partial charge in [0.05, 0.1) is 0 Å². The van der Waals surface area contributed by atoms with Gasteiger partial charge in [-0.2, -0.15) is 0 Å². The van der Waals surface area contributed by atoms with E-state index in [0.717, 1.165) is 46.6 Å². The minimum atomic E-state index is -0.0446. The average Bonchev–Trinajstić information content (AvgIpc) is 2.76. The molecule has 5 nitrogen and oxygen atoms in total. The second-order valence-corrected chi connectivity index (χ2v) is 7.09. The highest BCUT2D eigenvalue weighted by atomic mass is 16.5. The summed E-state index contributed by atoms with van der Waals surface area (Å²) in [5.74, 6) is 1.03. The lowest BCUT2D eigenvalue weighted by Crippen LogP contribution is -2.15. The first-order chi connectivity index (χ1) is 14.5. The van der Waals surface area contributed by atoms with Gasteiger partial charge >= 0.3 is 0 Å². The fourth-order valence-corrected chi connectivity index (χ4v) is 3.39. The minimum absolute atomic E-state index is 0.0446. The van der Waals surface area contributed by atoms with Crippen molar-refractivity contribution in [3.05, 3.63) is 93.9 Å². The summed E-state index contributed by atoms with van der Waals surface area (Å²) in [6.45, 7) is 3.47. The van der Waals surface area contributed by atoms with Crippen LogP contribution in [0.2, 0.25) is 0 Å². The van der Waals surface area contributed by atoms with Crippen LogP contribution in [0, 0.1) is 0 Å². The summed E-state index contributed by atoms with van der Waals surface area (Å²) in [6, 6.07) is 18.8. The molecule has 1 heterocycles. The molecule has 0 saturated heterocycles. The van der Waals surface area contributed by atoms with E-state index < -0.39 is 0 Å². The molecular formula is C25H28N2O3. The van der Waals surface area contributed by atoms with Crippen molar-refractivity contribution in [1.29, 1.82) is 0 Å². The number of hydrogen-bond acceptors (Lipinski definition) is 4. The number of hydrogen-bond donors (Lipinski definition) is 2. The number of aromatic hydroxyl groups is 1. The quantitative estimate of drug-likeness (QED) is 0.556. The summed E-state index contributed by atoms with van der Waals surface area (Å²) in [5, 5.41) is 12.8. The zero-order valence-corrected chi connectivity index (χ0v) is 17.7. The number of aromatic nitrogens is 1. The van der Waals surface area contributed by atoms with E-state index in [1.807, 2.05) is 49.5 Å². The van der Waals surface area contributed by atoms with E-state index in [1.165, 1.54) is 0 Å². The summed E-state index contributed by atoms with van der Waals surface area (Å²) in [7, 11) is 3.64. The van der Waals surface area contributed by atoms with Crippen LogP contribution in [0.15, 0.2) is 71.7 Å². The number of nitrogens with zero attached hydrogens (tertiary/aromatic N) is 1. The van der Waals surface area contributed by atoms with Crippen molar-refractivity contribution < 1.29 is 9.84 Å². The highest BCUT2D eigenvalue weighted by molar-refractivity contribution is 5.98. The fraction of sp³-hybridized carbons (Fsp3) is 0.240. The number of likely N-dealkylation sites (N-methyl/N-ethyl adjacent to an activating group) is 1. The predicted octanol–water partition coefficient (Wildman–Crippen LogP) is 4.06. The average molecular weight is 405 g/mol. The number of allylic oxidation sites excluding steroid dienone is 1. The molecule has 0 aliphatic rings. The molecule has 2 aromatic carbocycles. The zero-order valence-electron chi connectivity index (χ0n) is 17.7. The number of nitrogens with one attached hydrogen (secondary N) is 1. The Bertz CT molecular complexity index is 1060. The van der Waals surface area contributed by atoms with Crippen LogP contribution in [-0.4, -0.2) is 29.9 Å². The SMILES string of the molecule is CC/C(=C(\c1ccc(O)cc1)c1ccc(OCCNC)cc1)c1ccn(C)c(=O)c1. The van der Waals surface area contributed by atoms with E-state index in [4.69, 9.17) is 4.74 Å². The Labute approximate surface area is 177 Å². The molecule has 0 unspecified atom stereocenters. The first kappa shape index (κ1) is 21.4. The summed E-state index contributed by atoms with van der Waals surface area (Å²) in [4.78, 5) is 12.3. The number of ether oxygens (including phenoxy) is 1. The Morgan fingerprint density at radius 1 is 1.00 bits per heavy atom. The molecule has 0 atom stereocenters. The second kappa shape index (κ2) is 9.94. The van der Waals surface area contributed by atoms with E-state index >= 15 is 0 Å². The second-order valence-electron chi connectivity index (χ2n) is 7.09. The van der Waals surface area contributed by atoms with E-state index in [9.17, 15) is 9.90 Å². The molecule has 3 aromatic rings. The maximum absolute atomic E-state index is 12.3. The van der Waals surface area contributed by atoms with Gasteiger partial charge in [0.1, 0.15) is 18.1 Å². The van der Waals surface area contributed by atoms with Gasteiger partial charge in [0.2, 0.25) is 0 Å². The van der Waals surface area contributed by atoms with Gasteiger partial charge in [-0.15, -0.1) is 0 Å². The Hall–Kier alpha value is -3.31. The lowest BCUT2D eigenvalue weighted by Gasteiger charge is -2.17. The molecule has 5 heteroatoms. The normalized spacial score (nSPS) is 11.8. The van der Waals surface area contributed by atoms with Crippen molar-refractivity contribution in [2.45, 2.75) is 13.3 Å². The number of rotatable bonds is 8. The summed E-state index contributed by atoms with van der Waals surface area (Å²) in [6.07, 6.45) is 2.55. The number of phenols is 1. The Balaban J connectivity index is 2.12. The molecule has 3 rings (SSSR count). The largest absolute Gasteiger partial charge is 0.508 e. The molecule has 0 bridgehead atoms. The van der Waals surface area contributed by atoms with Crippen LogP contribution < -0.4 is 15.6 Å². The van der Waals surface area contributed by atoms with Gasteiger partial charge < -0.3 is 19.7 Å². The molecule has 0 amide bonds. The van der Waals surface area contributed by atoms with Crippen molar-refractivity contribution >= 4 is 11.1 Å². The lowest BCUT2D eigenvalue weighted by atomic mass is 9.88. The Morgan fingerprint density at radius 3 is 2.20 bits per heavy atom. The van der Waals surface area contributed by atoms with Crippen LogP contribution in [0.5, 0.6) is 11.5 Å². The van der Waals surface area contributed by atoms with E-state index in [1.54, 1.807) is 36.0 Å². The molecule has 1 aromatic heterocycles. The predicted molar refractivity (Wildman–Crippen MR) is 122 cm³/mol. The molecule has 0 fully saturated rings. The first-order valence-electron chi connectivity index (χ1n) is 10.1. The van der Waals surface area contributed by atoms with Crippen LogP contribution in [0.3, 0.4) is 0 Å². The molecule has 0 aliphatic carbocycles. The smallest absolute Gasteiger partial charge is 0.250 e. The van der Waals surface area contributed by atoms with Gasteiger partial charge in [0.15, 0.2) is 0 Å². The van der Waals surface area contributed by atoms with Crippen molar-refractivity contribution in [3.8, 4) is 11.5 Å². The maximum atomic E-state index is 12.3. The molecule has 156 valence electrons. The molecule has 0 radical (unpaired) electrons. The standard InChI is InChI=1S/C25H28N2O3/c1-4-23(20-13-15-27(3)24(29)17-20)25(18-5-9-21(28)10-6-18)19-7-11-22(12-8-19)30-16-14-26-2/h5-13,15,17,26,28H,4,14,16H2,1-3H3/b25-23-. The molecule has 0 spiro atoms. The van der Waals surface area contributed by atoms with Crippen molar-refractivity contribution in [1.82, 2.24) is 9.88 Å². The van der Waals surface area contributed by atoms with Gasteiger partial charge in [-0.1, -0.05) is 31.2 Å². The topological polar surface area (TPSA) is 63.5 Å². The third kappa shape index (κ3) is 4.99. The van der Waals surface area contributed by atoms with Crippen LogP contribution in [-0.2, 0) is 7.05 Å². The summed E-state index contributed by atoms with van der Waals surface area (Å²) < 4.78 is 7.31. The van der Waals surface area contributed by atoms with Gasteiger partial charge in [-0.25, -0.2) is 0 Å². The van der Waals surface area contributed by atoms with Gasteiger partial charge in [-0.3, -0.25) is 4.79 Å². The number of pyridine rings is 1. The van der Waals surface area contributed by atoms with Crippen LogP contribution >= 0.6 is 0 Å². The molecule has 0 saturated carbocycles. The zero-order chi connectivity index (χ0) is 21.5. The maximum Gasteiger partial charge on any atom is 0.250 e. The van der Waals surface area contributed by atoms with Crippen molar-refractivity contribution in [2.24, 2.45) is 7.05 Å². The third-order valence-corrected chi connectivity index (χ3v) is 5.03. The van der Waals surface area contributed by atoms with E-state index in [2.05, 4.69) is 12.2 Å². The molecule has 0 aliphatic heterocycles. The number of benzene rings is 2. The lowest BCUT2D eigenvalue weighted by molar-refractivity contribution is 0.318. The van der Waals surface area contributed by atoms with Crippen molar-refractivity contribution in [2.75, 3.05) is 20.2 Å². The summed E-state index contributed by atoms with van der Waals surface area (Å²) >= 11 is 0. The van der Waals surface area contributed by atoms with Crippen LogP contribution in [0.1, 0.15) is 30.0 Å². The van der Waals surface area contributed by atoms with Crippen LogP contribution in [0.25, 0.3) is 11.1 Å². The summed E-state index contributed by atoms with van der Waals surface area (Å²) in [5.41, 5.74) is 4.97. The van der Waals surface area contributed by atoms with Gasteiger partial charge in [-0.05, 0) is 71.6 Å². The fourth-order valence-electron chi connectivity index (χ4n) is 3.39. The molecule has 30 heavy (non-hydrogen) atoms. The van der Waals surface area contributed by atoms with Crippen LogP contribution in [0.4, 0.5) is 0 Å². The first-order valence-corrected chi connectivity index (χ1v) is 10.1. The Kier molecular flexibility index (Phi) is 7.09. The molecular weight excluding hydrogens is 376 g/mol. The molecule has 2 N–H and O–H groups in total. The van der Waals surface area contributed by atoms with Gasteiger partial charge in [0.25, 0.3) is 5.56 Å². The van der Waals surface area contributed by atoms with Gasteiger partial charge in [0, 0.05) is 25.9 Å². The highest BCUT2D eigenvalue weighted by Gasteiger charge is 2.14. The Morgan fingerprint density at radius 2 is 1.63 bits per heavy atom.